The highest BCUT2D eigenvalue weighted by atomic mass is 16.5. The summed E-state index contributed by atoms with van der Waals surface area (Å²) in [5, 5.41) is 0. The Balaban J connectivity index is 2.38. The Morgan fingerprint density at radius 2 is 2.33 bits per heavy atom. The lowest BCUT2D eigenvalue weighted by atomic mass is 10.2. The fourth-order valence-electron chi connectivity index (χ4n) is 1.72. The van der Waals surface area contributed by atoms with Gasteiger partial charge in [0, 0.05) is 13.5 Å². The first-order valence-corrected chi connectivity index (χ1v) is 4.96. The van der Waals surface area contributed by atoms with Gasteiger partial charge in [0.25, 0.3) is 0 Å². The van der Waals surface area contributed by atoms with E-state index in [1.165, 1.54) is 0 Å². The zero-order chi connectivity index (χ0) is 10.8. The number of anilines is 1. The zero-order valence-corrected chi connectivity index (χ0v) is 8.64. The molecule has 1 atom stereocenters. The standard InChI is InChI=1S/C11H14N2O2/c1-8(14)13-7-9(6-12)15-11-5-3-2-4-10(11)13/h2-5,9H,6-7,12H2,1H3. The van der Waals surface area contributed by atoms with Gasteiger partial charge in [-0.3, -0.25) is 4.79 Å². The van der Waals surface area contributed by atoms with E-state index >= 15 is 0 Å². The maximum Gasteiger partial charge on any atom is 0.224 e. The summed E-state index contributed by atoms with van der Waals surface area (Å²) in [6.45, 7) is 2.50. The number of nitrogens with zero attached hydrogens (tertiary/aromatic N) is 1. The molecule has 4 nitrogen and oxygen atoms in total. The van der Waals surface area contributed by atoms with E-state index in [9.17, 15) is 4.79 Å². The van der Waals surface area contributed by atoms with Crippen LogP contribution in [0.4, 0.5) is 5.69 Å². The van der Waals surface area contributed by atoms with E-state index in [0.717, 1.165) is 11.4 Å². The molecule has 0 spiro atoms. The summed E-state index contributed by atoms with van der Waals surface area (Å²) in [6, 6.07) is 7.51. The second-order valence-electron chi connectivity index (χ2n) is 3.57. The number of nitrogens with two attached hydrogens (primary N) is 1. The number of hydrogen-bond acceptors (Lipinski definition) is 3. The van der Waals surface area contributed by atoms with Gasteiger partial charge in [-0.2, -0.15) is 0 Å². The number of rotatable bonds is 1. The molecule has 2 rings (SSSR count). The van der Waals surface area contributed by atoms with Gasteiger partial charge in [-0.25, -0.2) is 0 Å². The Morgan fingerprint density at radius 3 is 3.00 bits per heavy atom. The van der Waals surface area contributed by atoms with Crippen molar-refractivity contribution in [2.24, 2.45) is 5.73 Å². The van der Waals surface area contributed by atoms with E-state index < -0.39 is 0 Å². The predicted octanol–water partition coefficient (Wildman–Crippen LogP) is 0.759. The van der Waals surface area contributed by atoms with Crippen LogP contribution in [-0.4, -0.2) is 25.1 Å². The lowest BCUT2D eigenvalue weighted by molar-refractivity contribution is -0.117. The summed E-state index contributed by atoms with van der Waals surface area (Å²) in [5.74, 6) is 0.749. The Kier molecular flexibility index (Phi) is 2.60. The SMILES string of the molecule is CC(=O)N1CC(CN)Oc2ccccc21. The van der Waals surface area contributed by atoms with E-state index in [0.29, 0.717) is 13.1 Å². The molecule has 0 aromatic heterocycles. The van der Waals surface area contributed by atoms with E-state index in [1.807, 2.05) is 24.3 Å². The summed E-state index contributed by atoms with van der Waals surface area (Å²) >= 11 is 0. The molecule has 1 unspecified atom stereocenters. The van der Waals surface area contributed by atoms with Crippen LogP contribution in [0.2, 0.25) is 0 Å². The van der Waals surface area contributed by atoms with Crippen molar-refractivity contribution in [2.45, 2.75) is 13.0 Å². The third-order valence-corrected chi connectivity index (χ3v) is 2.48. The van der Waals surface area contributed by atoms with E-state index in [-0.39, 0.29) is 12.0 Å². The minimum Gasteiger partial charge on any atom is -0.485 e. The Hall–Kier alpha value is -1.55. The van der Waals surface area contributed by atoms with E-state index in [2.05, 4.69) is 0 Å². The Morgan fingerprint density at radius 1 is 1.60 bits per heavy atom. The van der Waals surface area contributed by atoms with Gasteiger partial charge in [0.05, 0.1) is 12.2 Å². The first-order chi connectivity index (χ1) is 7.22. The molecule has 0 saturated heterocycles. The molecule has 0 aliphatic carbocycles. The van der Waals surface area contributed by atoms with Crippen LogP contribution in [0.25, 0.3) is 0 Å². The van der Waals surface area contributed by atoms with Gasteiger partial charge < -0.3 is 15.4 Å². The van der Waals surface area contributed by atoms with Crippen LogP contribution >= 0.6 is 0 Å². The van der Waals surface area contributed by atoms with Crippen molar-refractivity contribution >= 4 is 11.6 Å². The molecule has 1 aromatic rings. The van der Waals surface area contributed by atoms with E-state index in [1.54, 1.807) is 11.8 Å². The van der Waals surface area contributed by atoms with Crippen LogP contribution in [0.1, 0.15) is 6.92 Å². The van der Waals surface area contributed by atoms with Gasteiger partial charge in [-0.05, 0) is 12.1 Å². The quantitative estimate of drug-likeness (QED) is 0.738. The zero-order valence-electron chi connectivity index (χ0n) is 8.64. The third-order valence-electron chi connectivity index (χ3n) is 2.48. The van der Waals surface area contributed by atoms with Crippen LogP contribution < -0.4 is 15.4 Å². The lowest BCUT2D eigenvalue weighted by Gasteiger charge is -2.33. The van der Waals surface area contributed by atoms with Crippen LogP contribution in [0.15, 0.2) is 24.3 Å². The molecule has 0 bridgehead atoms. The molecule has 1 amide bonds. The molecule has 80 valence electrons. The smallest absolute Gasteiger partial charge is 0.224 e. The second-order valence-corrected chi connectivity index (χ2v) is 3.57. The van der Waals surface area contributed by atoms with Gasteiger partial charge >= 0.3 is 0 Å². The van der Waals surface area contributed by atoms with Crippen molar-refractivity contribution < 1.29 is 9.53 Å². The van der Waals surface area contributed by atoms with Crippen LogP contribution in [-0.2, 0) is 4.79 Å². The molecule has 15 heavy (non-hydrogen) atoms. The number of carbonyl (C=O) groups excluding carboxylic acids is 1. The fourth-order valence-corrected chi connectivity index (χ4v) is 1.72. The summed E-state index contributed by atoms with van der Waals surface area (Å²) in [4.78, 5) is 13.2. The highest BCUT2D eigenvalue weighted by molar-refractivity contribution is 5.93. The largest absolute Gasteiger partial charge is 0.485 e. The number of ether oxygens (including phenoxy) is 1. The minimum atomic E-state index is -0.108. The molecular formula is C11H14N2O2. The topological polar surface area (TPSA) is 55.6 Å². The molecule has 0 fully saturated rings. The van der Waals surface area contributed by atoms with Gasteiger partial charge in [0.2, 0.25) is 5.91 Å². The van der Waals surface area contributed by atoms with Crippen molar-refractivity contribution in [3.8, 4) is 5.75 Å². The highest BCUT2D eigenvalue weighted by Crippen LogP contribution is 2.32. The number of benzene rings is 1. The maximum atomic E-state index is 11.5. The van der Waals surface area contributed by atoms with Crippen molar-refractivity contribution in [1.82, 2.24) is 0 Å². The summed E-state index contributed by atoms with van der Waals surface area (Å²) in [5.41, 5.74) is 6.39. The summed E-state index contributed by atoms with van der Waals surface area (Å²) < 4.78 is 5.64. The molecule has 1 heterocycles. The van der Waals surface area contributed by atoms with Crippen LogP contribution in [0.3, 0.4) is 0 Å². The molecule has 1 aliphatic rings. The van der Waals surface area contributed by atoms with Gasteiger partial charge in [0.15, 0.2) is 0 Å². The molecule has 2 N–H and O–H groups in total. The number of para-hydroxylation sites is 2. The summed E-state index contributed by atoms with van der Waals surface area (Å²) in [6.07, 6.45) is -0.108. The average Bonchev–Trinajstić information content (AvgIpc) is 2.27. The van der Waals surface area contributed by atoms with E-state index in [4.69, 9.17) is 10.5 Å². The molecule has 1 aromatic carbocycles. The molecule has 4 heteroatoms. The number of carbonyl (C=O) groups is 1. The van der Waals surface area contributed by atoms with Crippen LogP contribution in [0.5, 0.6) is 5.75 Å². The number of amides is 1. The highest BCUT2D eigenvalue weighted by Gasteiger charge is 2.26. The van der Waals surface area contributed by atoms with Gasteiger partial charge in [-0.15, -0.1) is 0 Å². The first-order valence-electron chi connectivity index (χ1n) is 4.96. The van der Waals surface area contributed by atoms with Crippen molar-refractivity contribution in [3.05, 3.63) is 24.3 Å². The maximum absolute atomic E-state index is 11.5. The fraction of sp³-hybridized carbons (Fsp3) is 0.364. The monoisotopic (exact) mass is 206 g/mol. The number of fused-ring (bicyclic) bond motifs is 1. The molecule has 0 saturated carbocycles. The number of hydrogen-bond donors (Lipinski definition) is 1. The second kappa shape index (κ2) is 3.90. The Labute approximate surface area is 88.6 Å². The summed E-state index contributed by atoms with van der Waals surface area (Å²) in [7, 11) is 0. The van der Waals surface area contributed by atoms with Crippen molar-refractivity contribution in [2.75, 3.05) is 18.0 Å². The third kappa shape index (κ3) is 1.80. The molecule has 0 radical (unpaired) electrons. The van der Waals surface area contributed by atoms with Gasteiger partial charge in [-0.1, -0.05) is 12.1 Å². The first kappa shape index (κ1) is 9.98. The van der Waals surface area contributed by atoms with Crippen molar-refractivity contribution in [1.29, 1.82) is 0 Å². The Bertz CT molecular complexity index is 379. The van der Waals surface area contributed by atoms with Crippen molar-refractivity contribution in [3.63, 3.8) is 0 Å². The average molecular weight is 206 g/mol. The minimum absolute atomic E-state index is 0.0178. The van der Waals surface area contributed by atoms with Crippen LogP contribution in [0, 0.1) is 0 Å². The normalized spacial score (nSPS) is 19.3. The molecular weight excluding hydrogens is 192 g/mol. The van der Waals surface area contributed by atoms with Gasteiger partial charge in [0.1, 0.15) is 11.9 Å². The lowest BCUT2D eigenvalue weighted by Crippen LogP contribution is -2.45. The molecule has 1 aliphatic heterocycles. The predicted molar refractivity (Wildman–Crippen MR) is 57.9 cm³/mol.